The van der Waals surface area contributed by atoms with Gasteiger partial charge < -0.3 is 4.18 Å². The number of hydrogen-bond acceptors (Lipinski definition) is 2. The van der Waals surface area contributed by atoms with Crippen LogP contribution in [0.15, 0.2) is 24.3 Å². The molecule has 1 rings (SSSR count). The quantitative estimate of drug-likeness (QED) is 0.308. The standard InChI is InChI=1S/C17H22F6OS/c1-4-6-12(7-5-2)13-8-10-14(11-9-13)24-25-17(22,23)16(20,21)15(3,18)19/h8-12H,4-7H2,1-3H3. The topological polar surface area (TPSA) is 9.23 Å². The van der Waals surface area contributed by atoms with Gasteiger partial charge in [0.05, 0.1) is 0 Å². The van der Waals surface area contributed by atoms with Gasteiger partial charge in [-0.05, 0) is 36.5 Å². The van der Waals surface area contributed by atoms with Crippen molar-refractivity contribution >= 4 is 12.0 Å². The Hall–Kier alpha value is -1.05. The van der Waals surface area contributed by atoms with E-state index in [4.69, 9.17) is 0 Å². The summed E-state index contributed by atoms with van der Waals surface area (Å²) in [5.74, 6) is -10.2. The Morgan fingerprint density at radius 2 is 1.40 bits per heavy atom. The second-order valence-corrected chi connectivity index (χ2v) is 6.84. The number of benzene rings is 1. The zero-order chi connectivity index (χ0) is 19.3. The molecule has 0 aliphatic carbocycles. The van der Waals surface area contributed by atoms with Gasteiger partial charge in [-0.3, -0.25) is 0 Å². The lowest BCUT2D eigenvalue weighted by atomic mass is 9.90. The average molecular weight is 388 g/mol. The van der Waals surface area contributed by atoms with Gasteiger partial charge in [-0.2, -0.15) is 26.3 Å². The van der Waals surface area contributed by atoms with E-state index in [1.807, 2.05) is 0 Å². The SMILES string of the molecule is CCCC(CCC)c1ccc(OSC(F)(F)C(F)(F)C(C)(F)F)cc1. The van der Waals surface area contributed by atoms with Gasteiger partial charge in [0.1, 0.15) is 17.8 Å². The van der Waals surface area contributed by atoms with Crippen molar-refractivity contribution in [2.24, 2.45) is 0 Å². The van der Waals surface area contributed by atoms with Crippen LogP contribution in [-0.4, -0.2) is 17.1 Å². The van der Waals surface area contributed by atoms with Crippen molar-refractivity contribution in [1.82, 2.24) is 0 Å². The second-order valence-electron chi connectivity index (χ2n) is 5.99. The van der Waals surface area contributed by atoms with E-state index in [1.54, 1.807) is 12.1 Å². The van der Waals surface area contributed by atoms with E-state index in [0.29, 0.717) is 5.92 Å². The van der Waals surface area contributed by atoms with Crippen molar-refractivity contribution in [2.75, 3.05) is 0 Å². The maximum atomic E-state index is 13.4. The number of alkyl halides is 6. The average Bonchev–Trinajstić information content (AvgIpc) is 2.52. The van der Waals surface area contributed by atoms with Gasteiger partial charge >= 0.3 is 17.1 Å². The van der Waals surface area contributed by atoms with Gasteiger partial charge in [0.15, 0.2) is 0 Å². The van der Waals surface area contributed by atoms with Crippen molar-refractivity contribution in [3.05, 3.63) is 29.8 Å². The van der Waals surface area contributed by atoms with Crippen molar-refractivity contribution in [3.8, 4) is 5.75 Å². The number of halogens is 6. The van der Waals surface area contributed by atoms with Gasteiger partial charge in [0.2, 0.25) is 0 Å². The largest absolute Gasteiger partial charge is 0.419 e. The first-order valence-corrected chi connectivity index (χ1v) is 8.79. The summed E-state index contributed by atoms with van der Waals surface area (Å²) in [6.45, 7) is 3.86. The van der Waals surface area contributed by atoms with Gasteiger partial charge in [-0.25, -0.2) is 0 Å². The summed E-state index contributed by atoms with van der Waals surface area (Å²) in [6, 6.07) is 6.10. The molecule has 0 aromatic heterocycles. The molecule has 1 nitrogen and oxygen atoms in total. The molecular formula is C17H22F6OS. The van der Waals surface area contributed by atoms with E-state index >= 15 is 0 Å². The van der Waals surface area contributed by atoms with Crippen LogP contribution >= 0.6 is 12.0 Å². The molecule has 0 saturated heterocycles. The van der Waals surface area contributed by atoms with E-state index in [1.165, 1.54) is 12.1 Å². The minimum atomic E-state index is -5.53. The maximum Gasteiger partial charge on any atom is 0.396 e. The van der Waals surface area contributed by atoms with Gasteiger partial charge in [-0.15, -0.1) is 0 Å². The van der Waals surface area contributed by atoms with E-state index in [9.17, 15) is 26.3 Å². The third-order valence-corrected chi connectivity index (χ3v) is 4.53. The Balaban J connectivity index is 2.78. The molecular weight excluding hydrogens is 366 g/mol. The lowest BCUT2D eigenvalue weighted by Gasteiger charge is -2.29. The highest BCUT2D eigenvalue weighted by Crippen LogP contribution is 2.51. The molecule has 0 heterocycles. The third-order valence-electron chi connectivity index (χ3n) is 3.79. The summed E-state index contributed by atoms with van der Waals surface area (Å²) >= 11 is -0.963. The molecule has 0 spiro atoms. The normalized spacial score (nSPS) is 13.4. The molecule has 0 aliphatic heterocycles. The molecule has 0 fully saturated rings. The zero-order valence-corrected chi connectivity index (χ0v) is 15.1. The molecule has 0 atom stereocenters. The fraction of sp³-hybridized carbons (Fsp3) is 0.647. The highest BCUT2D eigenvalue weighted by molar-refractivity contribution is 7.96. The van der Waals surface area contributed by atoms with Crippen molar-refractivity contribution in [2.45, 2.75) is 69.5 Å². The zero-order valence-electron chi connectivity index (χ0n) is 14.3. The van der Waals surface area contributed by atoms with E-state index in [-0.39, 0.29) is 12.7 Å². The van der Waals surface area contributed by atoms with E-state index in [2.05, 4.69) is 18.0 Å². The molecule has 0 radical (unpaired) electrons. The Labute approximate surface area is 148 Å². The van der Waals surface area contributed by atoms with Crippen molar-refractivity contribution < 1.29 is 30.5 Å². The second kappa shape index (κ2) is 8.56. The summed E-state index contributed by atoms with van der Waals surface area (Å²) in [4.78, 5) is 0. The lowest BCUT2D eigenvalue weighted by molar-refractivity contribution is -0.269. The van der Waals surface area contributed by atoms with Crippen LogP contribution in [0.25, 0.3) is 0 Å². The van der Waals surface area contributed by atoms with E-state index < -0.39 is 29.1 Å². The fourth-order valence-electron chi connectivity index (χ4n) is 2.38. The lowest BCUT2D eigenvalue weighted by Crippen LogP contribution is -2.51. The van der Waals surface area contributed by atoms with Crippen LogP contribution in [0.3, 0.4) is 0 Å². The van der Waals surface area contributed by atoms with Crippen LogP contribution in [0.1, 0.15) is 57.9 Å². The van der Waals surface area contributed by atoms with Crippen LogP contribution in [0.5, 0.6) is 5.75 Å². The predicted octanol–water partition coefficient (Wildman–Crippen LogP) is 7.28. The monoisotopic (exact) mass is 388 g/mol. The molecule has 0 unspecified atom stereocenters. The molecule has 0 N–H and O–H groups in total. The molecule has 0 amide bonds. The molecule has 144 valence electrons. The van der Waals surface area contributed by atoms with Crippen molar-refractivity contribution in [1.29, 1.82) is 0 Å². The first-order valence-electron chi connectivity index (χ1n) is 8.05. The number of rotatable bonds is 10. The molecule has 1 aromatic rings. The predicted molar refractivity (Wildman–Crippen MR) is 87.7 cm³/mol. The van der Waals surface area contributed by atoms with Gasteiger partial charge in [-0.1, -0.05) is 38.8 Å². The fourth-order valence-corrected chi connectivity index (χ4v) is 2.97. The van der Waals surface area contributed by atoms with Gasteiger partial charge in [0, 0.05) is 6.92 Å². The number of hydrogen-bond donors (Lipinski definition) is 0. The minimum absolute atomic E-state index is 0.101. The molecule has 0 saturated carbocycles. The van der Waals surface area contributed by atoms with E-state index in [0.717, 1.165) is 31.2 Å². The summed E-state index contributed by atoms with van der Waals surface area (Å²) in [5.41, 5.74) is 0.998. The summed E-state index contributed by atoms with van der Waals surface area (Å²) < 4.78 is 83.1. The Bertz CT molecular complexity index is 521. The van der Waals surface area contributed by atoms with Crippen LogP contribution in [0.4, 0.5) is 26.3 Å². The summed E-state index contributed by atoms with van der Waals surface area (Å²) in [5, 5.41) is -5.07. The van der Waals surface area contributed by atoms with Crippen LogP contribution in [0, 0.1) is 0 Å². The summed E-state index contributed by atoms with van der Waals surface area (Å²) in [6.07, 6.45) is 3.92. The minimum Gasteiger partial charge on any atom is -0.419 e. The third kappa shape index (κ3) is 5.46. The Morgan fingerprint density at radius 1 is 0.920 bits per heavy atom. The smallest absolute Gasteiger partial charge is 0.396 e. The first kappa shape index (κ1) is 22.0. The molecule has 0 aliphatic rings. The Morgan fingerprint density at radius 3 is 1.80 bits per heavy atom. The maximum absolute atomic E-state index is 13.4. The highest BCUT2D eigenvalue weighted by atomic mass is 32.2. The molecule has 8 heteroatoms. The van der Waals surface area contributed by atoms with Gasteiger partial charge in [0.25, 0.3) is 0 Å². The molecule has 25 heavy (non-hydrogen) atoms. The van der Waals surface area contributed by atoms with Crippen LogP contribution in [-0.2, 0) is 0 Å². The first-order chi connectivity index (χ1) is 11.5. The van der Waals surface area contributed by atoms with Crippen LogP contribution in [0.2, 0.25) is 0 Å². The molecule has 0 bridgehead atoms. The Kier molecular flexibility index (Phi) is 7.53. The van der Waals surface area contributed by atoms with Crippen molar-refractivity contribution in [3.63, 3.8) is 0 Å². The molecule has 1 aromatic carbocycles. The van der Waals surface area contributed by atoms with Crippen LogP contribution < -0.4 is 4.18 Å². The highest BCUT2D eigenvalue weighted by Gasteiger charge is 2.71. The summed E-state index contributed by atoms with van der Waals surface area (Å²) in [7, 11) is 0.